The molecule has 1 aromatic heterocycles. The van der Waals surface area contributed by atoms with Gasteiger partial charge in [-0.2, -0.15) is 0 Å². The standard InChI is InChI=1S/C14H20N2O2/c1-3-18-14(17)10-16(12-6-7-12)9-13-11(2)5-4-8-15-13/h4-5,8,12H,3,6-7,9-10H2,1-2H3. The summed E-state index contributed by atoms with van der Waals surface area (Å²) in [4.78, 5) is 18.1. The van der Waals surface area contributed by atoms with Crippen LogP contribution in [0.3, 0.4) is 0 Å². The molecule has 1 fully saturated rings. The summed E-state index contributed by atoms with van der Waals surface area (Å²) in [5, 5.41) is 0. The monoisotopic (exact) mass is 248 g/mol. The molecule has 18 heavy (non-hydrogen) atoms. The Morgan fingerprint density at radius 3 is 2.94 bits per heavy atom. The van der Waals surface area contributed by atoms with Crippen LogP contribution in [0.2, 0.25) is 0 Å². The fourth-order valence-corrected chi connectivity index (χ4v) is 2.00. The SMILES string of the molecule is CCOC(=O)CN(Cc1ncccc1C)C1CC1. The van der Waals surface area contributed by atoms with Crippen LogP contribution in [0.5, 0.6) is 0 Å². The van der Waals surface area contributed by atoms with Crippen molar-refractivity contribution in [1.82, 2.24) is 9.88 Å². The van der Waals surface area contributed by atoms with Crippen molar-refractivity contribution in [2.24, 2.45) is 0 Å². The second-order valence-corrected chi connectivity index (χ2v) is 4.71. The van der Waals surface area contributed by atoms with Crippen LogP contribution in [0.1, 0.15) is 31.0 Å². The Morgan fingerprint density at radius 2 is 2.33 bits per heavy atom. The number of aromatic nitrogens is 1. The van der Waals surface area contributed by atoms with E-state index in [2.05, 4.69) is 22.9 Å². The van der Waals surface area contributed by atoms with Gasteiger partial charge in [0.1, 0.15) is 0 Å². The smallest absolute Gasteiger partial charge is 0.320 e. The molecule has 0 aromatic carbocycles. The van der Waals surface area contributed by atoms with Crippen molar-refractivity contribution < 1.29 is 9.53 Å². The molecule has 0 saturated heterocycles. The first-order valence-electron chi connectivity index (χ1n) is 6.51. The van der Waals surface area contributed by atoms with Gasteiger partial charge < -0.3 is 4.74 Å². The first-order chi connectivity index (χ1) is 8.70. The maximum Gasteiger partial charge on any atom is 0.320 e. The number of hydrogen-bond acceptors (Lipinski definition) is 4. The molecule has 0 bridgehead atoms. The first-order valence-corrected chi connectivity index (χ1v) is 6.51. The molecule has 1 aromatic rings. The van der Waals surface area contributed by atoms with Gasteiger partial charge in [-0.25, -0.2) is 0 Å². The van der Waals surface area contributed by atoms with Crippen molar-refractivity contribution in [2.75, 3.05) is 13.2 Å². The number of ether oxygens (including phenoxy) is 1. The van der Waals surface area contributed by atoms with Crippen LogP contribution in [-0.2, 0) is 16.1 Å². The van der Waals surface area contributed by atoms with Crippen molar-refractivity contribution in [3.63, 3.8) is 0 Å². The fourth-order valence-electron chi connectivity index (χ4n) is 2.00. The Bertz CT molecular complexity index is 416. The Labute approximate surface area is 108 Å². The van der Waals surface area contributed by atoms with E-state index in [1.54, 1.807) is 6.20 Å². The van der Waals surface area contributed by atoms with Gasteiger partial charge in [0.15, 0.2) is 0 Å². The lowest BCUT2D eigenvalue weighted by Gasteiger charge is -2.21. The molecule has 0 N–H and O–H groups in total. The van der Waals surface area contributed by atoms with E-state index in [1.165, 1.54) is 18.4 Å². The van der Waals surface area contributed by atoms with E-state index in [4.69, 9.17) is 4.74 Å². The average Bonchev–Trinajstić information content (AvgIpc) is 3.15. The molecule has 0 radical (unpaired) electrons. The van der Waals surface area contributed by atoms with Crippen LogP contribution >= 0.6 is 0 Å². The highest BCUT2D eigenvalue weighted by molar-refractivity contribution is 5.71. The zero-order valence-corrected chi connectivity index (χ0v) is 11.1. The zero-order valence-electron chi connectivity index (χ0n) is 11.1. The molecule has 1 aliphatic rings. The van der Waals surface area contributed by atoms with Gasteiger partial charge in [0.25, 0.3) is 0 Å². The molecule has 0 amide bonds. The molecule has 98 valence electrons. The third-order valence-electron chi connectivity index (χ3n) is 3.17. The number of hydrogen-bond donors (Lipinski definition) is 0. The predicted octanol–water partition coefficient (Wildman–Crippen LogP) is 1.92. The molecule has 1 saturated carbocycles. The van der Waals surface area contributed by atoms with Crippen LogP contribution in [0.4, 0.5) is 0 Å². The van der Waals surface area contributed by atoms with Gasteiger partial charge in [-0.15, -0.1) is 0 Å². The zero-order chi connectivity index (χ0) is 13.0. The van der Waals surface area contributed by atoms with Crippen LogP contribution in [0.25, 0.3) is 0 Å². The molecule has 0 atom stereocenters. The number of pyridine rings is 1. The highest BCUT2D eigenvalue weighted by Gasteiger charge is 2.31. The molecule has 0 unspecified atom stereocenters. The topological polar surface area (TPSA) is 42.4 Å². The van der Waals surface area contributed by atoms with Crippen molar-refractivity contribution in [3.05, 3.63) is 29.6 Å². The van der Waals surface area contributed by atoms with Crippen molar-refractivity contribution >= 4 is 5.97 Å². The summed E-state index contributed by atoms with van der Waals surface area (Å²) in [6, 6.07) is 4.51. The lowest BCUT2D eigenvalue weighted by molar-refractivity contribution is -0.144. The number of aryl methyl sites for hydroxylation is 1. The summed E-state index contributed by atoms with van der Waals surface area (Å²) in [6.07, 6.45) is 4.15. The van der Waals surface area contributed by atoms with Crippen molar-refractivity contribution in [1.29, 1.82) is 0 Å². The Hall–Kier alpha value is -1.42. The minimum absolute atomic E-state index is 0.141. The molecular weight excluding hydrogens is 228 g/mol. The van der Waals surface area contributed by atoms with Gasteiger partial charge in [0, 0.05) is 18.8 Å². The molecule has 4 heteroatoms. The summed E-state index contributed by atoms with van der Waals surface area (Å²) >= 11 is 0. The number of rotatable bonds is 6. The summed E-state index contributed by atoms with van der Waals surface area (Å²) in [6.45, 7) is 5.44. The van der Waals surface area contributed by atoms with E-state index < -0.39 is 0 Å². The molecule has 4 nitrogen and oxygen atoms in total. The minimum Gasteiger partial charge on any atom is -0.465 e. The maximum atomic E-state index is 11.6. The summed E-state index contributed by atoms with van der Waals surface area (Å²) in [7, 11) is 0. The Kier molecular flexibility index (Phi) is 4.31. The van der Waals surface area contributed by atoms with E-state index in [0.717, 1.165) is 12.2 Å². The summed E-state index contributed by atoms with van der Waals surface area (Å²) in [5.74, 6) is -0.141. The van der Waals surface area contributed by atoms with Gasteiger partial charge in [-0.3, -0.25) is 14.7 Å². The number of nitrogens with zero attached hydrogens (tertiary/aromatic N) is 2. The molecule has 2 rings (SSSR count). The van der Waals surface area contributed by atoms with E-state index >= 15 is 0 Å². The third kappa shape index (κ3) is 3.53. The predicted molar refractivity (Wildman–Crippen MR) is 69.0 cm³/mol. The number of esters is 1. The van der Waals surface area contributed by atoms with Gasteiger partial charge >= 0.3 is 5.97 Å². The lowest BCUT2D eigenvalue weighted by atomic mass is 10.2. The van der Waals surface area contributed by atoms with Gasteiger partial charge in [-0.05, 0) is 38.3 Å². The summed E-state index contributed by atoms with van der Waals surface area (Å²) < 4.78 is 5.02. The largest absolute Gasteiger partial charge is 0.465 e. The van der Waals surface area contributed by atoms with Gasteiger partial charge in [0.05, 0.1) is 18.8 Å². The number of carbonyl (C=O) groups excluding carboxylic acids is 1. The van der Waals surface area contributed by atoms with Gasteiger partial charge in [0.2, 0.25) is 0 Å². The van der Waals surface area contributed by atoms with Gasteiger partial charge in [-0.1, -0.05) is 6.07 Å². The quantitative estimate of drug-likeness (QED) is 0.721. The summed E-state index contributed by atoms with van der Waals surface area (Å²) in [5.41, 5.74) is 2.22. The Balaban J connectivity index is 1.98. The maximum absolute atomic E-state index is 11.6. The average molecular weight is 248 g/mol. The minimum atomic E-state index is -0.141. The van der Waals surface area contributed by atoms with Crippen LogP contribution in [0.15, 0.2) is 18.3 Å². The Morgan fingerprint density at radius 1 is 1.56 bits per heavy atom. The molecule has 0 aliphatic heterocycles. The van der Waals surface area contributed by atoms with E-state index in [9.17, 15) is 4.79 Å². The molecule has 1 aliphatic carbocycles. The van der Waals surface area contributed by atoms with E-state index in [1.807, 2.05) is 13.0 Å². The van der Waals surface area contributed by atoms with Crippen LogP contribution in [0, 0.1) is 6.92 Å². The van der Waals surface area contributed by atoms with Crippen molar-refractivity contribution in [2.45, 2.75) is 39.3 Å². The molecular formula is C14H20N2O2. The normalized spacial score (nSPS) is 14.8. The van der Waals surface area contributed by atoms with Crippen molar-refractivity contribution in [3.8, 4) is 0 Å². The second kappa shape index (κ2) is 5.96. The highest BCUT2D eigenvalue weighted by atomic mass is 16.5. The lowest BCUT2D eigenvalue weighted by Crippen LogP contribution is -2.33. The second-order valence-electron chi connectivity index (χ2n) is 4.71. The van der Waals surface area contributed by atoms with E-state index in [0.29, 0.717) is 19.2 Å². The highest BCUT2D eigenvalue weighted by Crippen LogP contribution is 2.28. The van der Waals surface area contributed by atoms with Crippen LogP contribution < -0.4 is 0 Å². The van der Waals surface area contributed by atoms with Crippen LogP contribution in [-0.4, -0.2) is 35.0 Å². The first kappa shape index (κ1) is 13.0. The number of carbonyl (C=O) groups is 1. The molecule has 1 heterocycles. The third-order valence-corrected chi connectivity index (χ3v) is 3.17. The molecule has 0 spiro atoms. The van der Waals surface area contributed by atoms with E-state index in [-0.39, 0.29) is 5.97 Å². The fraction of sp³-hybridized carbons (Fsp3) is 0.571.